The Morgan fingerprint density at radius 3 is 2.20 bits per heavy atom. The summed E-state index contributed by atoms with van der Waals surface area (Å²) in [7, 11) is 0. The Morgan fingerprint density at radius 1 is 0.914 bits per heavy atom. The molecule has 4 heterocycles. The molecule has 0 fully saturated rings. The van der Waals surface area contributed by atoms with E-state index in [1.165, 1.54) is 33.2 Å². The second kappa shape index (κ2) is 6.93. The molecular weight excluding hydrogens is 434 g/mol. The smallest absolute Gasteiger partial charge is 0.318 e. The van der Waals surface area contributed by atoms with Crippen molar-refractivity contribution in [1.29, 1.82) is 0 Å². The first-order valence-electron chi connectivity index (χ1n) is 12.9. The number of benzene rings is 3. The largest absolute Gasteiger partial charge is 0.426 e. The molecule has 4 aliphatic rings. The van der Waals surface area contributed by atoms with E-state index in [2.05, 4.69) is 85.7 Å². The molecule has 1 atom stereocenters. The zero-order valence-electron chi connectivity index (χ0n) is 21.0. The average molecular weight is 468 g/mol. The van der Waals surface area contributed by atoms with Crippen molar-refractivity contribution >= 4 is 33.8 Å². The molecule has 180 valence electrons. The maximum Gasteiger partial charge on any atom is 0.318 e. The van der Waals surface area contributed by atoms with Crippen molar-refractivity contribution in [3.8, 4) is 5.75 Å². The van der Waals surface area contributed by atoms with Gasteiger partial charge >= 0.3 is 5.97 Å². The van der Waals surface area contributed by atoms with Crippen molar-refractivity contribution in [2.75, 3.05) is 28.6 Å². The number of nitrogens with one attached hydrogen (secondary N) is 2. The van der Waals surface area contributed by atoms with E-state index in [9.17, 15) is 4.79 Å². The van der Waals surface area contributed by atoms with E-state index in [1.54, 1.807) is 0 Å². The van der Waals surface area contributed by atoms with Gasteiger partial charge in [-0.3, -0.25) is 4.79 Å². The van der Waals surface area contributed by atoms with Crippen LogP contribution < -0.4 is 20.3 Å². The highest BCUT2D eigenvalue weighted by atomic mass is 16.5. The predicted octanol–water partition coefficient (Wildman–Crippen LogP) is 5.95. The van der Waals surface area contributed by atoms with Gasteiger partial charge in [-0.2, -0.15) is 0 Å². The second-order valence-electron chi connectivity index (χ2n) is 12.1. The van der Waals surface area contributed by atoms with Crippen LogP contribution in [0, 0.1) is 5.92 Å². The molecule has 0 bridgehead atoms. The number of hydrogen-bond acceptors (Lipinski definition) is 5. The van der Waals surface area contributed by atoms with E-state index in [1.807, 2.05) is 0 Å². The van der Waals surface area contributed by atoms with Crippen molar-refractivity contribution in [1.82, 2.24) is 0 Å². The van der Waals surface area contributed by atoms with Gasteiger partial charge in [-0.15, -0.1) is 0 Å². The van der Waals surface area contributed by atoms with Gasteiger partial charge in [-0.1, -0.05) is 52.0 Å². The lowest BCUT2D eigenvalue weighted by atomic mass is 9.68. The Balaban J connectivity index is 1.29. The Morgan fingerprint density at radius 2 is 1.54 bits per heavy atom. The molecule has 7 rings (SSSR count). The molecule has 5 heteroatoms. The standard InChI is InChI=1S/C30H33N3O2/c1-29(2)9-11-33-12-10-30(3,4)24-25(33)21(29)14-19-13-20(28(34)35-26(19)24)27-31-22-15-17-7-5-6-8-18(17)16-23(22)32-27/h5-8,14-16,20,27,31-32H,9-13H2,1-4H3. The minimum absolute atomic E-state index is 0.0212. The normalized spacial score (nSPS) is 23.6. The van der Waals surface area contributed by atoms with Gasteiger partial charge in [0.25, 0.3) is 0 Å². The van der Waals surface area contributed by atoms with Crippen LogP contribution >= 0.6 is 0 Å². The summed E-state index contributed by atoms with van der Waals surface area (Å²) in [6.45, 7) is 11.5. The van der Waals surface area contributed by atoms with Crippen molar-refractivity contribution in [3.63, 3.8) is 0 Å². The van der Waals surface area contributed by atoms with E-state index in [0.29, 0.717) is 6.42 Å². The molecule has 1 unspecified atom stereocenters. The molecule has 0 spiro atoms. The maximum atomic E-state index is 13.5. The molecule has 2 N–H and O–H groups in total. The van der Waals surface area contributed by atoms with Crippen LogP contribution in [-0.4, -0.2) is 25.2 Å². The number of anilines is 3. The fraction of sp³-hybridized carbons (Fsp3) is 0.433. The number of carbonyl (C=O) groups is 1. The summed E-state index contributed by atoms with van der Waals surface area (Å²) in [4.78, 5) is 16.0. The Bertz CT molecular complexity index is 1360. The van der Waals surface area contributed by atoms with Crippen LogP contribution in [0.5, 0.6) is 5.75 Å². The second-order valence-corrected chi connectivity index (χ2v) is 12.1. The third-order valence-corrected chi connectivity index (χ3v) is 8.92. The van der Waals surface area contributed by atoms with Gasteiger partial charge in [0, 0.05) is 24.3 Å². The number of ether oxygens (including phenoxy) is 1. The number of nitrogens with zero attached hydrogens (tertiary/aromatic N) is 1. The van der Waals surface area contributed by atoms with Gasteiger partial charge in [0.2, 0.25) is 0 Å². The fourth-order valence-electron chi connectivity index (χ4n) is 6.68. The lowest BCUT2D eigenvalue weighted by Crippen LogP contribution is -2.47. The SMILES string of the molecule is CC1(C)CCN2CCC(C)(C)c3c4c(cc1c32)CC(C1Nc2cc3ccccc3cc2N1)C(=O)O4. The van der Waals surface area contributed by atoms with Crippen molar-refractivity contribution in [2.45, 2.75) is 64.0 Å². The number of hydrogen-bond donors (Lipinski definition) is 2. The van der Waals surface area contributed by atoms with E-state index >= 15 is 0 Å². The van der Waals surface area contributed by atoms with Gasteiger partial charge < -0.3 is 20.3 Å². The number of esters is 1. The zero-order valence-corrected chi connectivity index (χ0v) is 21.0. The summed E-state index contributed by atoms with van der Waals surface area (Å²) in [5, 5.41) is 9.54. The topological polar surface area (TPSA) is 53.6 Å². The molecule has 3 aromatic rings. The summed E-state index contributed by atoms with van der Waals surface area (Å²) in [6, 6.07) is 15.0. The van der Waals surface area contributed by atoms with Crippen LogP contribution in [0.4, 0.5) is 17.1 Å². The third-order valence-electron chi connectivity index (χ3n) is 8.92. The number of fused-ring (bicyclic) bond motifs is 4. The number of carbonyl (C=O) groups excluding carboxylic acids is 1. The molecule has 4 aliphatic heterocycles. The molecule has 0 aromatic heterocycles. The van der Waals surface area contributed by atoms with Gasteiger partial charge in [0.15, 0.2) is 0 Å². The van der Waals surface area contributed by atoms with E-state index in [-0.39, 0.29) is 28.9 Å². The highest BCUT2D eigenvalue weighted by Crippen LogP contribution is 2.55. The minimum atomic E-state index is -0.294. The minimum Gasteiger partial charge on any atom is -0.426 e. The Labute approximate surface area is 206 Å². The fourth-order valence-corrected chi connectivity index (χ4v) is 6.68. The van der Waals surface area contributed by atoms with Crippen LogP contribution in [0.25, 0.3) is 10.8 Å². The van der Waals surface area contributed by atoms with Crippen molar-refractivity contribution < 1.29 is 9.53 Å². The highest BCUT2D eigenvalue weighted by Gasteiger charge is 2.46. The first-order chi connectivity index (χ1) is 16.7. The first-order valence-corrected chi connectivity index (χ1v) is 12.9. The van der Waals surface area contributed by atoms with Crippen LogP contribution in [0.2, 0.25) is 0 Å². The van der Waals surface area contributed by atoms with Gasteiger partial charge in [0.05, 0.1) is 17.3 Å². The first kappa shape index (κ1) is 21.1. The summed E-state index contributed by atoms with van der Waals surface area (Å²) in [6.07, 6.45) is 2.72. The van der Waals surface area contributed by atoms with Crippen LogP contribution in [0.1, 0.15) is 57.2 Å². The molecule has 0 saturated carbocycles. The van der Waals surface area contributed by atoms with Crippen LogP contribution in [0.15, 0.2) is 42.5 Å². The monoisotopic (exact) mass is 467 g/mol. The summed E-state index contributed by atoms with van der Waals surface area (Å²) in [5.41, 5.74) is 7.36. The molecule has 0 aliphatic carbocycles. The Kier molecular flexibility index (Phi) is 4.18. The molecule has 0 saturated heterocycles. The van der Waals surface area contributed by atoms with Gasteiger partial charge in [0.1, 0.15) is 11.9 Å². The number of rotatable bonds is 1. The Hall–Kier alpha value is -3.21. The average Bonchev–Trinajstić information content (AvgIpc) is 3.22. The van der Waals surface area contributed by atoms with E-state index in [4.69, 9.17) is 4.74 Å². The van der Waals surface area contributed by atoms with E-state index in [0.717, 1.165) is 43.1 Å². The van der Waals surface area contributed by atoms with Crippen LogP contribution in [-0.2, 0) is 22.0 Å². The molecule has 5 nitrogen and oxygen atoms in total. The quantitative estimate of drug-likeness (QED) is 0.342. The van der Waals surface area contributed by atoms with Gasteiger partial charge in [-0.25, -0.2) is 0 Å². The van der Waals surface area contributed by atoms with Crippen molar-refractivity contribution in [2.24, 2.45) is 5.92 Å². The lowest BCUT2D eigenvalue weighted by molar-refractivity contribution is -0.140. The maximum absolute atomic E-state index is 13.5. The van der Waals surface area contributed by atoms with Crippen molar-refractivity contribution in [3.05, 3.63) is 59.2 Å². The molecular formula is C30H33N3O2. The highest BCUT2D eigenvalue weighted by molar-refractivity contribution is 5.94. The predicted molar refractivity (Wildman–Crippen MR) is 142 cm³/mol. The summed E-state index contributed by atoms with van der Waals surface area (Å²) < 4.78 is 6.26. The van der Waals surface area contributed by atoms with E-state index < -0.39 is 0 Å². The summed E-state index contributed by atoms with van der Waals surface area (Å²) >= 11 is 0. The molecule has 0 radical (unpaired) electrons. The lowest BCUT2D eigenvalue weighted by Gasteiger charge is -2.49. The third kappa shape index (κ3) is 3.03. The molecule has 0 amide bonds. The van der Waals surface area contributed by atoms with Gasteiger partial charge in [-0.05, 0) is 70.2 Å². The molecule has 35 heavy (non-hydrogen) atoms. The molecule has 3 aromatic carbocycles. The van der Waals surface area contributed by atoms with Crippen LogP contribution in [0.3, 0.4) is 0 Å². The zero-order chi connectivity index (χ0) is 24.1. The summed E-state index contributed by atoms with van der Waals surface area (Å²) in [5.74, 6) is 0.399.